The van der Waals surface area contributed by atoms with Crippen LogP contribution in [0, 0.1) is 23.1 Å². The predicted octanol–water partition coefficient (Wildman–Crippen LogP) is 5.84. The molecule has 2 N–H and O–H groups in total. The summed E-state index contributed by atoms with van der Waals surface area (Å²) >= 11 is 6.30. The minimum absolute atomic E-state index is 0.00619. The first kappa shape index (κ1) is 37.3. The number of halogens is 2. The van der Waals surface area contributed by atoms with Crippen molar-refractivity contribution in [3.63, 3.8) is 0 Å². The maximum atomic E-state index is 13.7. The third-order valence-corrected chi connectivity index (χ3v) is 7.97. The first-order valence-electron chi connectivity index (χ1n) is 15.6. The number of benzene rings is 2. The summed E-state index contributed by atoms with van der Waals surface area (Å²) in [6.07, 6.45) is 4.86. The van der Waals surface area contributed by atoms with Crippen molar-refractivity contribution in [2.75, 3.05) is 13.7 Å². The van der Waals surface area contributed by atoms with Gasteiger partial charge < -0.3 is 24.8 Å². The molecule has 0 fully saturated rings. The molecule has 254 valence electrons. The van der Waals surface area contributed by atoms with E-state index in [1.807, 2.05) is 20.8 Å². The second kappa shape index (κ2) is 17.1. The van der Waals surface area contributed by atoms with Crippen LogP contribution >= 0.6 is 11.6 Å². The third kappa shape index (κ3) is 11.5. The van der Waals surface area contributed by atoms with E-state index in [1.54, 1.807) is 62.4 Å². The summed E-state index contributed by atoms with van der Waals surface area (Å²) in [7, 11) is 1.49. The van der Waals surface area contributed by atoms with Gasteiger partial charge in [-0.25, -0.2) is 9.18 Å². The zero-order valence-electron chi connectivity index (χ0n) is 27.7. The van der Waals surface area contributed by atoms with Crippen LogP contribution in [0.5, 0.6) is 5.75 Å². The molecule has 4 atom stereocenters. The lowest BCUT2D eigenvalue weighted by Gasteiger charge is -2.29. The average molecular weight is 671 g/mol. The molecule has 3 rings (SSSR count). The Kier molecular flexibility index (Phi) is 13.6. The highest BCUT2D eigenvalue weighted by Crippen LogP contribution is 2.26. The molecule has 0 radical (unpaired) electrons. The van der Waals surface area contributed by atoms with E-state index in [4.69, 9.17) is 25.8 Å². The number of carbonyl (C=O) groups is 4. The zero-order chi connectivity index (χ0) is 34.7. The van der Waals surface area contributed by atoms with Crippen LogP contribution in [0.2, 0.25) is 5.02 Å². The van der Waals surface area contributed by atoms with Gasteiger partial charge in [0.2, 0.25) is 11.8 Å². The van der Waals surface area contributed by atoms with E-state index >= 15 is 0 Å². The number of hydrogen-bond acceptors (Lipinski definition) is 7. The van der Waals surface area contributed by atoms with Gasteiger partial charge in [0.25, 0.3) is 0 Å². The molecule has 0 saturated heterocycles. The number of carbonyl (C=O) groups excluding carboxylic acids is 4. The van der Waals surface area contributed by atoms with Crippen molar-refractivity contribution in [1.82, 2.24) is 10.6 Å². The molecule has 47 heavy (non-hydrogen) atoms. The summed E-state index contributed by atoms with van der Waals surface area (Å²) in [6, 6.07) is 10.1. The summed E-state index contributed by atoms with van der Waals surface area (Å²) < 4.78 is 30.6. The lowest BCUT2D eigenvalue weighted by atomic mass is 9.93. The first-order valence-corrected chi connectivity index (χ1v) is 16.0. The van der Waals surface area contributed by atoms with Gasteiger partial charge in [-0.1, -0.05) is 68.8 Å². The van der Waals surface area contributed by atoms with Crippen LogP contribution in [0.1, 0.15) is 58.6 Å². The summed E-state index contributed by atoms with van der Waals surface area (Å²) in [6.45, 7) is 8.68. The van der Waals surface area contributed by atoms with Gasteiger partial charge in [-0.3, -0.25) is 14.4 Å². The Hall–Kier alpha value is -4.18. The summed E-state index contributed by atoms with van der Waals surface area (Å²) in [5, 5.41) is 5.83. The second-order valence-corrected chi connectivity index (χ2v) is 13.2. The molecule has 1 heterocycles. The van der Waals surface area contributed by atoms with Crippen molar-refractivity contribution in [2.45, 2.75) is 72.1 Å². The number of nitrogens with one attached hydrogen (secondary N) is 2. The Bertz CT molecular complexity index is 1490. The normalized spacial score (nSPS) is 22.6. The fourth-order valence-corrected chi connectivity index (χ4v) is 5.10. The van der Waals surface area contributed by atoms with Gasteiger partial charge in [0.15, 0.2) is 6.10 Å². The highest BCUT2D eigenvalue weighted by molar-refractivity contribution is 6.32. The molecule has 0 aliphatic carbocycles. The van der Waals surface area contributed by atoms with E-state index in [2.05, 4.69) is 10.6 Å². The third-order valence-electron chi connectivity index (χ3n) is 7.68. The molecule has 2 aromatic carbocycles. The van der Waals surface area contributed by atoms with E-state index in [1.165, 1.54) is 25.3 Å². The molecule has 0 saturated carbocycles. The van der Waals surface area contributed by atoms with E-state index in [0.717, 1.165) is 0 Å². The zero-order valence-corrected chi connectivity index (χ0v) is 28.4. The molecular weight excluding hydrogens is 627 g/mol. The highest BCUT2D eigenvalue weighted by atomic mass is 35.5. The highest BCUT2D eigenvalue weighted by Gasteiger charge is 2.37. The van der Waals surface area contributed by atoms with Crippen molar-refractivity contribution in [3.8, 4) is 5.75 Å². The number of esters is 2. The van der Waals surface area contributed by atoms with E-state index in [0.29, 0.717) is 21.9 Å². The number of cyclic esters (lactones) is 2. The van der Waals surface area contributed by atoms with Crippen LogP contribution in [0.25, 0.3) is 6.08 Å². The van der Waals surface area contributed by atoms with Crippen molar-refractivity contribution >= 4 is 41.4 Å². The molecule has 0 unspecified atom stereocenters. The molecule has 2 amide bonds. The molecule has 0 aromatic heterocycles. The topological polar surface area (TPSA) is 120 Å². The van der Waals surface area contributed by atoms with Gasteiger partial charge in [-0.05, 0) is 67.7 Å². The van der Waals surface area contributed by atoms with Crippen LogP contribution in [0.3, 0.4) is 0 Å². The van der Waals surface area contributed by atoms with Crippen LogP contribution in [0.15, 0.2) is 60.7 Å². The Balaban J connectivity index is 1.94. The van der Waals surface area contributed by atoms with Crippen molar-refractivity contribution in [2.24, 2.45) is 17.3 Å². The first-order chi connectivity index (χ1) is 22.2. The summed E-state index contributed by atoms with van der Waals surface area (Å²) in [4.78, 5) is 53.3. The Morgan fingerprint density at radius 2 is 1.83 bits per heavy atom. The Morgan fingerprint density at radius 3 is 2.49 bits per heavy atom. The minimum atomic E-state index is -1.22. The predicted molar refractivity (Wildman–Crippen MR) is 178 cm³/mol. The maximum Gasteiger partial charge on any atom is 0.347 e. The number of hydrogen-bond donors (Lipinski definition) is 2. The molecule has 1 aliphatic heterocycles. The monoisotopic (exact) mass is 670 g/mol. The lowest BCUT2D eigenvalue weighted by Crippen LogP contribution is -2.51. The summed E-state index contributed by atoms with van der Waals surface area (Å²) in [5.41, 5.74) is 0.0823. The van der Waals surface area contributed by atoms with Crippen molar-refractivity contribution in [1.29, 1.82) is 0 Å². The fraction of sp³-hybridized carbons (Fsp3) is 0.444. The largest absolute Gasteiger partial charge is 0.495 e. The lowest BCUT2D eigenvalue weighted by molar-refractivity contribution is -0.178. The molecular formula is C36H44ClFN2O7. The van der Waals surface area contributed by atoms with Gasteiger partial charge in [0.05, 0.1) is 17.5 Å². The van der Waals surface area contributed by atoms with Gasteiger partial charge >= 0.3 is 11.9 Å². The van der Waals surface area contributed by atoms with E-state index < -0.39 is 47.4 Å². The Morgan fingerprint density at radius 1 is 1.09 bits per heavy atom. The Labute approximate surface area is 280 Å². The molecule has 9 nitrogen and oxygen atoms in total. The second-order valence-electron chi connectivity index (χ2n) is 12.7. The van der Waals surface area contributed by atoms with E-state index in [-0.39, 0.29) is 43.5 Å². The van der Waals surface area contributed by atoms with Crippen LogP contribution in [-0.4, -0.2) is 55.7 Å². The fourth-order valence-electron chi connectivity index (χ4n) is 4.82. The molecule has 11 heteroatoms. The molecule has 0 spiro atoms. The minimum Gasteiger partial charge on any atom is -0.495 e. The summed E-state index contributed by atoms with van der Waals surface area (Å²) in [5.74, 6) is -2.76. The number of amides is 2. The van der Waals surface area contributed by atoms with Crippen molar-refractivity contribution in [3.05, 3.63) is 82.7 Å². The van der Waals surface area contributed by atoms with Gasteiger partial charge in [0.1, 0.15) is 23.7 Å². The number of methoxy groups -OCH3 is 1. The molecule has 2 aromatic rings. The van der Waals surface area contributed by atoms with Gasteiger partial charge in [-0.15, -0.1) is 0 Å². The SMILES string of the molecule is COc1ccc(C[C@H]2NC(=O)/C=C/C[C@@H]([C@H](C)/C=C/c3cccc(F)c3)OC(=O)[C@H](CC(C)C)OC(=O)C(C)(C)CNC2=O)cc1Cl. The average Bonchev–Trinajstić information content (AvgIpc) is 3.00. The number of rotatable bonds is 8. The molecule has 0 bridgehead atoms. The van der Waals surface area contributed by atoms with Crippen LogP contribution < -0.4 is 15.4 Å². The van der Waals surface area contributed by atoms with Gasteiger partial charge in [0, 0.05) is 25.3 Å². The number of ether oxygens (including phenoxy) is 3. The van der Waals surface area contributed by atoms with Crippen LogP contribution in [0.4, 0.5) is 4.39 Å². The van der Waals surface area contributed by atoms with Gasteiger partial charge in [-0.2, -0.15) is 0 Å². The maximum absolute atomic E-state index is 13.7. The van der Waals surface area contributed by atoms with E-state index in [9.17, 15) is 23.6 Å². The standard InChI is InChI=1S/C36H44ClFN2O7/c1-22(2)17-31-34(43)46-29(23(3)13-14-24-9-7-10-26(38)18-24)11-8-12-32(41)40-28(20-25-15-16-30(45-6)27(37)19-25)33(42)39-21-36(4,5)35(44)47-31/h7-10,12-16,18-19,22-23,28-29,31H,11,17,20-21H2,1-6H3,(H,39,42)(H,40,41)/b12-8+,14-13+/t23-,28-,29+,31+/m1/s1. The van der Waals surface area contributed by atoms with Crippen LogP contribution in [-0.2, 0) is 35.1 Å². The quantitative estimate of drug-likeness (QED) is 0.339. The smallest absolute Gasteiger partial charge is 0.347 e. The van der Waals surface area contributed by atoms with Crippen molar-refractivity contribution < 1.29 is 37.8 Å². The molecule has 1 aliphatic rings.